The molecule has 0 saturated heterocycles. The summed E-state index contributed by atoms with van der Waals surface area (Å²) in [5.74, 6) is 0.257. The molecule has 8 nitrogen and oxygen atoms in total. The van der Waals surface area contributed by atoms with Gasteiger partial charge in [0.2, 0.25) is 21.8 Å². The molecule has 0 aliphatic rings. The lowest BCUT2D eigenvalue weighted by Gasteiger charge is -2.30. The molecule has 10 heteroatoms. The third kappa shape index (κ3) is 9.55. The first-order valence-corrected chi connectivity index (χ1v) is 14.7. The zero-order valence-corrected chi connectivity index (χ0v) is 23.8. The van der Waals surface area contributed by atoms with E-state index in [0.29, 0.717) is 29.6 Å². The van der Waals surface area contributed by atoms with Gasteiger partial charge in [-0.3, -0.25) is 13.9 Å². The first-order valence-electron chi connectivity index (χ1n) is 12.4. The minimum absolute atomic E-state index is 0.0677. The van der Waals surface area contributed by atoms with Gasteiger partial charge in [-0.05, 0) is 56.0 Å². The SMILES string of the molecule is CCOc1ccccc1N(CCCC(=O)N(Cc1ccc(Cl)cc1)[C@H](C)C(=O)NCC(C)C)S(C)(=O)=O. The van der Waals surface area contributed by atoms with Crippen LogP contribution in [0.5, 0.6) is 5.75 Å². The molecule has 0 unspecified atom stereocenters. The summed E-state index contributed by atoms with van der Waals surface area (Å²) in [5, 5.41) is 3.47. The number of amides is 2. The number of ether oxygens (including phenoxy) is 1. The number of nitrogens with one attached hydrogen (secondary N) is 1. The van der Waals surface area contributed by atoms with Gasteiger partial charge in [-0.1, -0.05) is 49.7 Å². The van der Waals surface area contributed by atoms with Crippen molar-refractivity contribution in [2.45, 2.75) is 53.1 Å². The van der Waals surface area contributed by atoms with Gasteiger partial charge in [0.1, 0.15) is 11.8 Å². The Labute approximate surface area is 226 Å². The highest BCUT2D eigenvalue weighted by Gasteiger charge is 2.27. The van der Waals surface area contributed by atoms with E-state index in [1.54, 1.807) is 43.3 Å². The Hall–Kier alpha value is -2.78. The topological polar surface area (TPSA) is 96.0 Å². The van der Waals surface area contributed by atoms with Crippen LogP contribution in [-0.4, -0.2) is 57.1 Å². The van der Waals surface area contributed by atoms with Crippen LogP contribution in [0.1, 0.15) is 46.1 Å². The number of halogens is 1. The van der Waals surface area contributed by atoms with Crippen molar-refractivity contribution in [3.63, 3.8) is 0 Å². The van der Waals surface area contributed by atoms with E-state index in [1.807, 2.05) is 32.9 Å². The average Bonchev–Trinajstić information content (AvgIpc) is 2.84. The van der Waals surface area contributed by atoms with E-state index in [0.717, 1.165) is 11.8 Å². The van der Waals surface area contributed by atoms with Crippen molar-refractivity contribution in [1.29, 1.82) is 0 Å². The van der Waals surface area contributed by atoms with Crippen LogP contribution in [0, 0.1) is 5.92 Å². The van der Waals surface area contributed by atoms with Crippen molar-refractivity contribution < 1.29 is 22.7 Å². The molecule has 2 aromatic rings. The molecule has 37 heavy (non-hydrogen) atoms. The first kappa shape index (κ1) is 30.4. The predicted molar refractivity (Wildman–Crippen MR) is 148 cm³/mol. The number of nitrogens with zero attached hydrogens (tertiary/aromatic N) is 2. The maximum atomic E-state index is 13.4. The summed E-state index contributed by atoms with van der Waals surface area (Å²) in [6, 6.07) is 13.3. The number of rotatable bonds is 14. The lowest BCUT2D eigenvalue weighted by Crippen LogP contribution is -2.48. The second kappa shape index (κ2) is 14.2. The highest BCUT2D eigenvalue weighted by molar-refractivity contribution is 7.92. The van der Waals surface area contributed by atoms with Crippen LogP contribution in [0.4, 0.5) is 5.69 Å². The van der Waals surface area contributed by atoms with Gasteiger partial charge in [-0.25, -0.2) is 8.42 Å². The fourth-order valence-corrected chi connectivity index (χ4v) is 4.84. The Kier molecular flexibility index (Phi) is 11.7. The van der Waals surface area contributed by atoms with E-state index in [9.17, 15) is 18.0 Å². The maximum absolute atomic E-state index is 13.4. The summed E-state index contributed by atoms with van der Waals surface area (Å²) >= 11 is 6.00. The Balaban J connectivity index is 2.19. The van der Waals surface area contributed by atoms with Crippen LogP contribution in [0.15, 0.2) is 48.5 Å². The molecule has 0 saturated carbocycles. The van der Waals surface area contributed by atoms with E-state index in [1.165, 1.54) is 9.21 Å². The number of carbonyl (C=O) groups excluding carboxylic acids is 2. The largest absolute Gasteiger partial charge is 0.492 e. The normalized spacial score (nSPS) is 12.2. The first-order chi connectivity index (χ1) is 17.4. The molecule has 1 N–H and O–H groups in total. The van der Waals surface area contributed by atoms with Gasteiger partial charge >= 0.3 is 0 Å². The summed E-state index contributed by atoms with van der Waals surface area (Å²) in [6.45, 7) is 8.75. The van der Waals surface area contributed by atoms with Gasteiger partial charge in [0, 0.05) is 31.1 Å². The summed E-state index contributed by atoms with van der Waals surface area (Å²) in [6.07, 6.45) is 1.47. The number of anilines is 1. The molecule has 0 heterocycles. The molecule has 2 rings (SSSR count). The summed E-state index contributed by atoms with van der Waals surface area (Å²) < 4.78 is 32.1. The number of carbonyl (C=O) groups is 2. The number of hydrogen-bond acceptors (Lipinski definition) is 5. The van der Waals surface area contributed by atoms with Crippen molar-refractivity contribution in [2.24, 2.45) is 5.92 Å². The van der Waals surface area contributed by atoms with Gasteiger partial charge < -0.3 is 15.0 Å². The van der Waals surface area contributed by atoms with Crippen molar-refractivity contribution >= 4 is 39.1 Å². The Morgan fingerprint density at radius 3 is 2.30 bits per heavy atom. The lowest BCUT2D eigenvalue weighted by atomic mass is 10.1. The highest BCUT2D eigenvalue weighted by Crippen LogP contribution is 2.30. The molecule has 204 valence electrons. The highest BCUT2D eigenvalue weighted by atomic mass is 35.5. The summed E-state index contributed by atoms with van der Waals surface area (Å²) in [5.41, 5.74) is 1.27. The number of para-hydroxylation sites is 2. The van der Waals surface area contributed by atoms with Crippen molar-refractivity contribution in [1.82, 2.24) is 10.2 Å². The second-order valence-electron chi connectivity index (χ2n) is 9.30. The Morgan fingerprint density at radius 2 is 1.70 bits per heavy atom. The summed E-state index contributed by atoms with van der Waals surface area (Å²) in [7, 11) is -3.62. The van der Waals surface area contributed by atoms with E-state index in [-0.39, 0.29) is 43.7 Å². The molecule has 0 bridgehead atoms. The van der Waals surface area contributed by atoms with E-state index >= 15 is 0 Å². The molecular weight excluding hydrogens is 514 g/mol. The van der Waals surface area contributed by atoms with Crippen LogP contribution in [0.25, 0.3) is 0 Å². The smallest absolute Gasteiger partial charge is 0.242 e. The Morgan fingerprint density at radius 1 is 1.05 bits per heavy atom. The van der Waals surface area contributed by atoms with Crippen molar-refractivity contribution in [3.05, 3.63) is 59.1 Å². The quantitative estimate of drug-likeness (QED) is 0.373. The molecule has 0 spiro atoms. The van der Waals surface area contributed by atoms with Gasteiger partial charge in [0.05, 0.1) is 18.6 Å². The second-order valence-corrected chi connectivity index (χ2v) is 11.6. The molecule has 0 fully saturated rings. The minimum Gasteiger partial charge on any atom is -0.492 e. The number of sulfonamides is 1. The van der Waals surface area contributed by atoms with Crippen molar-refractivity contribution in [2.75, 3.05) is 30.3 Å². The molecule has 2 aromatic carbocycles. The fraction of sp³-hybridized carbons (Fsp3) is 0.481. The standard InChI is InChI=1S/C27H38ClN3O5S/c1-6-36-25-11-8-7-10-24(25)31(37(5,34)35)17-9-12-26(32)30(19-22-13-15-23(28)16-14-22)21(4)27(33)29-18-20(2)3/h7-8,10-11,13-16,20-21H,6,9,12,17-19H2,1-5H3,(H,29,33)/t21-/m1/s1. The fourth-order valence-electron chi connectivity index (χ4n) is 3.74. The van der Waals surface area contributed by atoms with Crippen LogP contribution < -0.4 is 14.4 Å². The molecule has 0 aliphatic heterocycles. The Bertz CT molecular complexity index is 1140. The van der Waals surface area contributed by atoms with Crippen LogP contribution in [0.3, 0.4) is 0 Å². The van der Waals surface area contributed by atoms with Crippen LogP contribution in [0.2, 0.25) is 5.02 Å². The molecule has 0 aromatic heterocycles. The maximum Gasteiger partial charge on any atom is 0.242 e. The number of hydrogen-bond donors (Lipinski definition) is 1. The molecule has 1 atom stereocenters. The van der Waals surface area contributed by atoms with E-state index in [2.05, 4.69) is 5.32 Å². The number of benzene rings is 2. The van der Waals surface area contributed by atoms with E-state index in [4.69, 9.17) is 16.3 Å². The molecule has 0 aliphatic carbocycles. The molecule has 2 amide bonds. The van der Waals surface area contributed by atoms with Gasteiger partial charge in [0.25, 0.3) is 0 Å². The van der Waals surface area contributed by atoms with Gasteiger partial charge in [-0.15, -0.1) is 0 Å². The van der Waals surface area contributed by atoms with Crippen molar-refractivity contribution in [3.8, 4) is 5.75 Å². The minimum atomic E-state index is -3.62. The van der Waals surface area contributed by atoms with Crippen LogP contribution in [-0.2, 0) is 26.2 Å². The zero-order chi connectivity index (χ0) is 27.6. The van der Waals surface area contributed by atoms with Crippen LogP contribution >= 0.6 is 11.6 Å². The van der Waals surface area contributed by atoms with Gasteiger partial charge in [0.15, 0.2) is 0 Å². The third-order valence-electron chi connectivity index (χ3n) is 5.70. The molecule has 0 radical (unpaired) electrons. The monoisotopic (exact) mass is 551 g/mol. The molecular formula is C27H38ClN3O5S. The summed E-state index contributed by atoms with van der Waals surface area (Å²) in [4.78, 5) is 27.7. The van der Waals surface area contributed by atoms with Gasteiger partial charge in [-0.2, -0.15) is 0 Å². The zero-order valence-electron chi connectivity index (χ0n) is 22.2. The predicted octanol–water partition coefficient (Wildman–Crippen LogP) is 4.47. The third-order valence-corrected chi connectivity index (χ3v) is 7.14. The average molecular weight is 552 g/mol. The lowest BCUT2D eigenvalue weighted by molar-refractivity contribution is -0.140. The van der Waals surface area contributed by atoms with E-state index < -0.39 is 16.1 Å².